The fraction of sp³-hybridized carbons (Fsp3) is 0.190. The van der Waals surface area contributed by atoms with Crippen molar-refractivity contribution in [1.29, 1.82) is 0 Å². The van der Waals surface area contributed by atoms with E-state index >= 15 is 0 Å². The van der Waals surface area contributed by atoms with Crippen LogP contribution in [0.3, 0.4) is 0 Å². The van der Waals surface area contributed by atoms with Gasteiger partial charge in [-0.2, -0.15) is 0 Å². The van der Waals surface area contributed by atoms with Crippen LogP contribution in [0.5, 0.6) is 0 Å². The van der Waals surface area contributed by atoms with Crippen LogP contribution in [-0.2, 0) is 6.42 Å². The number of anilines is 1. The van der Waals surface area contributed by atoms with E-state index in [4.69, 9.17) is 0 Å². The molecule has 0 bridgehead atoms. The highest BCUT2D eigenvalue weighted by molar-refractivity contribution is 5.89. The minimum atomic E-state index is -0.213. The van der Waals surface area contributed by atoms with Gasteiger partial charge in [0.2, 0.25) is 0 Å². The van der Waals surface area contributed by atoms with E-state index in [1.54, 1.807) is 12.4 Å². The molecule has 5 nitrogen and oxygen atoms in total. The lowest BCUT2D eigenvalue weighted by atomic mass is 10.1. The number of hydrogen-bond donors (Lipinski definition) is 2. The van der Waals surface area contributed by atoms with Crippen molar-refractivity contribution in [2.45, 2.75) is 20.3 Å². The number of carbonyl (C=O) groups is 1. The lowest BCUT2D eigenvalue weighted by molar-refractivity contribution is 0.252. The minimum absolute atomic E-state index is 0.213. The maximum Gasteiger partial charge on any atom is 0.319 e. The van der Waals surface area contributed by atoms with Crippen LogP contribution in [0.4, 0.5) is 10.5 Å². The van der Waals surface area contributed by atoms with Gasteiger partial charge in [0.05, 0.1) is 0 Å². The van der Waals surface area contributed by atoms with Crippen molar-refractivity contribution < 1.29 is 4.79 Å². The summed E-state index contributed by atoms with van der Waals surface area (Å²) in [5.41, 5.74) is 5.12. The van der Waals surface area contributed by atoms with Crippen molar-refractivity contribution >= 4 is 11.7 Å². The van der Waals surface area contributed by atoms with Gasteiger partial charge in [0, 0.05) is 30.2 Å². The molecule has 0 fully saturated rings. The molecule has 2 amide bonds. The number of benzene rings is 2. The van der Waals surface area contributed by atoms with Crippen LogP contribution in [0.15, 0.2) is 60.9 Å². The van der Waals surface area contributed by atoms with Crippen LogP contribution in [0.25, 0.3) is 11.4 Å². The Kier molecular flexibility index (Phi) is 5.59. The Morgan fingerprint density at radius 3 is 2.38 bits per heavy atom. The summed E-state index contributed by atoms with van der Waals surface area (Å²) in [5.74, 6) is 0.704. The minimum Gasteiger partial charge on any atom is -0.338 e. The summed E-state index contributed by atoms with van der Waals surface area (Å²) >= 11 is 0. The topological polar surface area (TPSA) is 66.9 Å². The molecule has 0 aliphatic rings. The summed E-state index contributed by atoms with van der Waals surface area (Å²) in [6, 6.07) is 15.5. The third kappa shape index (κ3) is 4.66. The average Bonchev–Trinajstić information content (AvgIpc) is 2.66. The third-order valence-electron chi connectivity index (χ3n) is 4.20. The highest BCUT2D eigenvalue weighted by atomic mass is 16.2. The SMILES string of the molecule is Cc1ccc(NC(=O)NCCc2cnc(-c3ccccc3)nc2)cc1C. The Labute approximate surface area is 153 Å². The molecule has 0 aliphatic carbocycles. The summed E-state index contributed by atoms with van der Waals surface area (Å²) in [5, 5.41) is 5.70. The first-order valence-corrected chi connectivity index (χ1v) is 8.60. The fourth-order valence-corrected chi connectivity index (χ4v) is 2.54. The molecule has 2 N–H and O–H groups in total. The lowest BCUT2D eigenvalue weighted by Crippen LogP contribution is -2.30. The van der Waals surface area contributed by atoms with Crippen LogP contribution in [-0.4, -0.2) is 22.5 Å². The molecule has 3 rings (SSSR count). The van der Waals surface area contributed by atoms with Crippen LogP contribution in [0.2, 0.25) is 0 Å². The first-order chi connectivity index (χ1) is 12.6. The third-order valence-corrected chi connectivity index (χ3v) is 4.20. The largest absolute Gasteiger partial charge is 0.338 e. The quantitative estimate of drug-likeness (QED) is 0.730. The molecule has 5 heteroatoms. The van der Waals surface area contributed by atoms with E-state index in [1.165, 1.54) is 5.56 Å². The molecule has 0 aliphatic heterocycles. The molecule has 26 heavy (non-hydrogen) atoms. The lowest BCUT2D eigenvalue weighted by Gasteiger charge is -2.09. The number of aromatic nitrogens is 2. The number of amides is 2. The second-order valence-electron chi connectivity index (χ2n) is 6.21. The zero-order valence-electron chi connectivity index (χ0n) is 15.0. The Bertz CT molecular complexity index is 876. The van der Waals surface area contributed by atoms with Gasteiger partial charge >= 0.3 is 6.03 Å². The summed E-state index contributed by atoms with van der Waals surface area (Å²) in [4.78, 5) is 20.8. The molecule has 2 aromatic carbocycles. The van der Waals surface area contributed by atoms with Gasteiger partial charge in [-0.3, -0.25) is 0 Å². The molecular weight excluding hydrogens is 324 g/mol. The summed E-state index contributed by atoms with van der Waals surface area (Å²) in [6.07, 6.45) is 4.28. The van der Waals surface area contributed by atoms with Gasteiger partial charge in [0.15, 0.2) is 5.82 Å². The van der Waals surface area contributed by atoms with E-state index < -0.39 is 0 Å². The predicted octanol–water partition coefficient (Wildman–Crippen LogP) is 4.12. The van der Waals surface area contributed by atoms with Gasteiger partial charge in [-0.05, 0) is 49.1 Å². The number of carbonyl (C=O) groups excluding carboxylic acids is 1. The molecule has 0 saturated carbocycles. The molecule has 1 heterocycles. The Hall–Kier alpha value is -3.21. The summed E-state index contributed by atoms with van der Waals surface area (Å²) < 4.78 is 0. The highest BCUT2D eigenvalue weighted by Gasteiger charge is 2.04. The van der Waals surface area contributed by atoms with Crippen molar-refractivity contribution in [2.75, 3.05) is 11.9 Å². The van der Waals surface area contributed by atoms with Crippen molar-refractivity contribution in [2.24, 2.45) is 0 Å². The number of urea groups is 1. The number of nitrogens with one attached hydrogen (secondary N) is 2. The zero-order chi connectivity index (χ0) is 18.4. The van der Waals surface area contributed by atoms with Crippen LogP contribution < -0.4 is 10.6 Å². The van der Waals surface area contributed by atoms with Gasteiger partial charge in [-0.25, -0.2) is 14.8 Å². The maximum absolute atomic E-state index is 12.0. The van der Waals surface area contributed by atoms with Crippen LogP contribution in [0, 0.1) is 13.8 Å². The standard InChI is InChI=1S/C21H22N4O/c1-15-8-9-19(12-16(15)2)25-21(26)22-11-10-17-13-23-20(24-14-17)18-6-4-3-5-7-18/h3-9,12-14H,10-11H2,1-2H3,(H2,22,25,26). The number of aryl methyl sites for hydroxylation is 2. The molecule has 132 valence electrons. The van der Waals surface area contributed by atoms with Gasteiger partial charge < -0.3 is 10.6 Å². The molecule has 0 unspecified atom stereocenters. The van der Waals surface area contributed by atoms with Crippen LogP contribution in [0.1, 0.15) is 16.7 Å². The van der Waals surface area contributed by atoms with Crippen molar-refractivity contribution in [3.63, 3.8) is 0 Å². The number of rotatable bonds is 5. The smallest absolute Gasteiger partial charge is 0.319 e. The van der Waals surface area contributed by atoms with E-state index in [-0.39, 0.29) is 6.03 Å². The first-order valence-electron chi connectivity index (χ1n) is 8.60. The molecule has 0 atom stereocenters. The van der Waals surface area contributed by atoms with Crippen molar-refractivity contribution in [1.82, 2.24) is 15.3 Å². The predicted molar refractivity (Wildman–Crippen MR) is 104 cm³/mol. The summed E-state index contributed by atoms with van der Waals surface area (Å²) in [7, 11) is 0. The van der Waals surface area contributed by atoms with Gasteiger partial charge in [-0.1, -0.05) is 36.4 Å². The van der Waals surface area contributed by atoms with E-state index in [1.807, 2.05) is 62.4 Å². The molecule has 0 spiro atoms. The van der Waals surface area contributed by atoms with Gasteiger partial charge in [0.1, 0.15) is 0 Å². The number of nitrogens with zero attached hydrogens (tertiary/aromatic N) is 2. The van der Waals surface area contributed by atoms with Gasteiger partial charge in [0.25, 0.3) is 0 Å². The second-order valence-corrected chi connectivity index (χ2v) is 6.21. The molecule has 1 aromatic heterocycles. The second kappa shape index (κ2) is 8.25. The zero-order valence-corrected chi connectivity index (χ0v) is 15.0. The first kappa shape index (κ1) is 17.6. The fourth-order valence-electron chi connectivity index (χ4n) is 2.54. The van der Waals surface area contributed by atoms with Gasteiger partial charge in [-0.15, -0.1) is 0 Å². The Balaban J connectivity index is 1.48. The highest BCUT2D eigenvalue weighted by Crippen LogP contribution is 2.14. The Morgan fingerprint density at radius 1 is 0.962 bits per heavy atom. The monoisotopic (exact) mass is 346 g/mol. The van der Waals surface area contributed by atoms with E-state index in [2.05, 4.69) is 20.6 Å². The Morgan fingerprint density at radius 2 is 1.69 bits per heavy atom. The molecule has 0 saturated heterocycles. The van der Waals surface area contributed by atoms with E-state index in [0.29, 0.717) is 18.8 Å². The van der Waals surface area contributed by atoms with E-state index in [0.717, 1.165) is 22.4 Å². The maximum atomic E-state index is 12.0. The molecule has 3 aromatic rings. The normalized spacial score (nSPS) is 10.4. The van der Waals surface area contributed by atoms with Crippen LogP contribution >= 0.6 is 0 Å². The van der Waals surface area contributed by atoms with Crippen molar-refractivity contribution in [3.05, 3.63) is 77.6 Å². The summed E-state index contributed by atoms with van der Waals surface area (Å²) in [6.45, 7) is 4.59. The molecule has 0 radical (unpaired) electrons. The molecular formula is C21H22N4O. The van der Waals surface area contributed by atoms with E-state index in [9.17, 15) is 4.79 Å². The van der Waals surface area contributed by atoms with Crippen molar-refractivity contribution in [3.8, 4) is 11.4 Å². The number of hydrogen-bond acceptors (Lipinski definition) is 3. The average molecular weight is 346 g/mol.